The van der Waals surface area contributed by atoms with Crippen molar-refractivity contribution in [2.75, 3.05) is 0 Å². The van der Waals surface area contributed by atoms with Crippen LogP contribution in [-0.4, -0.2) is 14.3 Å². The van der Waals surface area contributed by atoms with Crippen LogP contribution < -0.4 is 0 Å². The van der Waals surface area contributed by atoms with E-state index in [0.29, 0.717) is 0 Å². The van der Waals surface area contributed by atoms with Crippen LogP contribution in [0, 0.1) is 6.92 Å². The molecule has 0 amide bonds. The molecule has 0 aliphatic rings. The van der Waals surface area contributed by atoms with Crippen LogP contribution >= 0.6 is 31.9 Å². The number of nitrogens with zero attached hydrogens (tertiary/aromatic N) is 3. The molecule has 0 unspecified atom stereocenters. The second-order valence-electron chi connectivity index (χ2n) is 4.62. The first kappa shape index (κ1) is 12.9. The molecule has 1 aromatic carbocycles. The molecule has 0 atom stereocenters. The van der Waals surface area contributed by atoms with E-state index in [1.165, 1.54) is 16.6 Å². The van der Waals surface area contributed by atoms with Gasteiger partial charge in [0, 0.05) is 23.2 Å². The zero-order chi connectivity index (χ0) is 13.6. The quantitative estimate of drug-likeness (QED) is 0.649. The van der Waals surface area contributed by atoms with Gasteiger partial charge in [0.05, 0.1) is 22.4 Å². The number of benzene rings is 1. The van der Waals surface area contributed by atoms with E-state index in [1.54, 1.807) is 0 Å². The lowest BCUT2D eigenvalue weighted by molar-refractivity contribution is 0.671. The van der Waals surface area contributed by atoms with Gasteiger partial charge in [-0.25, -0.2) is 0 Å². The molecular weight excluding hydrogens is 370 g/mol. The third-order valence-corrected chi connectivity index (χ3v) is 4.84. The lowest BCUT2D eigenvalue weighted by Gasteiger charge is -2.07. The number of fused-ring (bicyclic) bond motifs is 1. The highest BCUT2D eigenvalue weighted by Gasteiger charge is 2.12. The summed E-state index contributed by atoms with van der Waals surface area (Å²) < 4.78 is 6.36. The highest BCUT2D eigenvalue weighted by Crippen LogP contribution is 2.25. The molecule has 0 aliphatic carbocycles. The molecule has 5 heteroatoms. The van der Waals surface area contributed by atoms with Crippen molar-refractivity contribution in [1.29, 1.82) is 0 Å². The van der Waals surface area contributed by atoms with Gasteiger partial charge in [0.15, 0.2) is 0 Å². The number of hydrogen-bond acceptors (Lipinski definition) is 1. The number of halogens is 2. The number of aryl methyl sites for hydroxylation is 2. The molecular formula is C14H13Br2N3. The Bertz CT molecular complexity index is 755. The van der Waals surface area contributed by atoms with Crippen LogP contribution in [0.3, 0.4) is 0 Å². The van der Waals surface area contributed by atoms with Crippen LogP contribution in [0.2, 0.25) is 0 Å². The monoisotopic (exact) mass is 381 g/mol. The molecule has 0 saturated heterocycles. The van der Waals surface area contributed by atoms with E-state index in [0.717, 1.165) is 21.2 Å². The molecule has 0 spiro atoms. The molecule has 3 nitrogen and oxygen atoms in total. The van der Waals surface area contributed by atoms with Crippen molar-refractivity contribution in [3.05, 3.63) is 50.8 Å². The van der Waals surface area contributed by atoms with Gasteiger partial charge in [-0.3, -0.25) is 4.68 Å². The van der Waals surface area contributed by atoms with Crippen molar-refractivity contribution in [2.24, 2.45) is 7.05 Å². The van der Waals surface area contributed by atoms with E-state index in [-0.39, 0.29) is 0 Å². The predicted molar refractivity (Wildman–Crippen MR) is 84.4 cm³/mol. The Labute approximate surface area is 128 Å². The first-order valence-corrected chi connectivity index (χ1v) is 7.57. The van der Waals surface area contributed by atoms with Gasteiger partial charge in [-0.1, -0.05) is 22.0 Å². The van der Waals surface area contributed by atoms with E-state index >= 15 is 0 Å². The van der Waals surface area contributed by atoms with Gasteiger partial charge in [-0.15, -0.1) is 0 Å². The van der Waals surface area contributed by atoms with Crippen LogP contribution in [0.15, 0.2) is 39.4 Å². The average molecular weight is 383 g/mol. The predicted octanol–water partition coefficient (Wildman–Crippen LogP) is 4.26. The minimum atomic E-state index is 0.803. The Morgan fingerprint density at radius 1 is 1.21 bits per heavy atom. The Kier molecular flexibility index (Phi) is 3.27. The van der Waals surface area contributed by atoms with Gasteiger partial charge >= 0.3 is 0 Å². The van der Waals surface area contributed by atoms with Crippen molar-refractivity contribution >= 4 is 42.8 Å². The van der Waals surface area contributed by atoms with Crippen molar-refractivity contribution in [1.82, 2.24) is 14.3 Å². The third-order valence-electron chi connectivity index (χ3n) is 3.32. The molecule has 98 valence electrons. The summed E-state index contributed by atoms with van der Waals surface area (Å²) in [6.07, 6.45) is 2.12. The largest absolute Gasteiger partial charge is 0.341 e. The maximum atomic E-state index is 4.44. The first-order valence-electron chi connectivity index (χ1n) is 5.98. The molecule has 0 fully saturated rings. The molecule has 3 rings (SSSR count). The highest BCUT2D eigenvalue weighted by atomic mass is 79.9. The smallest absolute Gasteiger partial charge is 0.0739 e. The SMILES string of the molecule is Cc1nn(C)c(Cn2ccc3ccc(Br)cc32)c1Br. The standard InChI is InChI=1S/C14H13Br2N3/c1-9-14(16)13(18(2)17-9)8-19-6-5-10-3-4-11(15)7-12(10)19/h3-7H,8H2,1-2H3. The van der Waals surface area contributed by atoms with E-state index in [4.69, 9.17) is 0 Å². The first-order chi connectivity index (χ1) is 9.06. The zero-order valence-corrected chi connectivity index (χ0v) is 13.9. The summed E-state index contributed by atoms with van der Waals surface area (Å²) in [6.45, 7) is 2.82. The van der Waals surface area contributed by atoms with Crippen LogP contribution in [0.5, 0.6) is 0 Å². The molecule has 0 radical (unpaired) electrons. The van der Waals surface area contributed by atoms with Crippen LogP contribution in [0.4, 0.5) is 0 Å². The van der Waals surface area contributed by atoms with Crippen LogP contribution in [-0.2, 0) is 13.6 Å². The summed E-state index contributed by atoms with van der Waals surface area (Å²) in [5, 5.41) is 5.68. The summed E-state index contributed by atoms with van der Waals surface area (Å²) in [4.78, 5) is 0. The summed E-state index contributed by atoms with van der Waals surface area (Å²) in [6, 6.07) is 8.47. The molecule has 3 aromatic rings. The molecule has 0 bridgehead atoms. The van der Waals surface area contributed by atoms with E-state index in [2.05, 4.69) is 72.0 Å². The third kappa shape index (κ3) is 2.25. The van der Waals surface area contributed by atoms with Crippen molar-refractivity contribution < 1.29 is 0 Å². The summed E-state index contributed by atoms with van der Waals surface area (Å²) in [5.74, 6) is 0. The molecule has 0 N–H and O–H groups in total. The molecule has 2 aromatic heterocycles. The van der Waals surface area contributed by atoms with Crippen molar-refractivity contribution in [2.45, 2.75) is 13.5 Å². The lowest BCUT2D eigenvalue weighted by Crippen LogP contribution is -2.05. The maximum absolute atomic E-state index is 4.44. The minimum Gasteiger partial charge on any atom is -0.341 e. The van der Waals surface area contributed by atoms with Crippen LogP contribution in [0.25, 0.3) is 10.9 Å². The van der Waals surface area contributed by atoms with Gasteiger partial charge in [0.1, 0.15) is 0 Å². The molecule has 0 saturated carbocycles. The van der Waals surface area contributed by atoms with Gasteiger partial charge in [-0.05, 0) is 46.4 Å². The van der Waals surface area contributed by atoms with Gasteiger partial charge in [0.2, 0.25) is 0 Å². The van der Waals surface area contributed by atoms with Crippen LogP contribution in [0.1, 0.15) is 11.4 Å². The topological polar surface area (TPSA) is 22.8 Å². The highest BCUT2D eigenvalue weighted by molar-refractivity contribution is 9.10. The van der Waals surface area contributed by atoms with E-state index in [1.807, 2.05) is 18.7 Å². The number of rotatable bonds is 2. The second kappa shape index (κ2) is 4.80. The normalized spacial score (nSPS) is 11.4. The van der Waals surface area contributed by atoms with Gasteiger partial charge in [-0.2, -0.15) is 5.10 Å². The van der Waals surface area contributed by atoms with Crippen molar-refractivity contribution in [3.63, 3.8) is 0 Å². The zero-order valence-electron chi connectivity index (χ0n) is 10.7. The fraction of sp³-hybridized carbons (Fsp3) is 0.214. The molecule has 19 heavy (non-hydrogen) atoms. The number of aromatic nitrogens is 3. The fourth-order valence-electron chi connectivity index (χ4n) is 2.31. The fourth-order valence-corrected chi connectivity index (χ4v) is 3.12. The van der Waals surface area contributed by atoms with Gasteiger partial charge in [0.25, 0.3) is 0 Å². The summed E-state index contributed by atoms with van der Waals surface area (Å²) in [5.41, 5.74) is 3.42. The average Bonchev–Trinajstić information content (AvgIpc) is 2.86. The Balaban J connectivity index is 2.08. The Morgan fingerprint density at radius 3 is 2.68 bits per heavy atom. The molecule has 0 aliphatic heterocycles. The van der Waals surface area contributed by atoms with E-state index in [9.17, 15) is 0 Å². The maximum Gasteiger partial charge on any atom is 0.0739 e. The Hall–Kier alpha value is -1.07. The number of hydrogen-bond donors (Lipinski definition) is 0. The summed E-state index contributed by atoms with van der Waals surface area (Å²) >= 11 is 7.15. The summed E-state index contributed by atoms with van der Waals surface area (Å²) in [7, 11) is 1.98. The van der Waals surface area contributed by atoms with E-state index < -0.39 is 0 Å². The molecule has 2 heterocycles. The van der Waals surface area contributed by atoms with Gasteiger partial charge < -0.3 is 4.57 Å². The van der Waals surface area contributed by atoms with Crippen molar-refractivity contribution in [3.8, 4) is 0 Å². The lowest BCUT2D eigenvalue weighted by atomic mass is 10.2. The second-order valence-corrected chi connectivity index (χ2v) is 6.33. The minimum absolute atomic E-state index is 0.803. The Morgan fingerprint density at radius 2 is 2.00 bits per heavy atom.